The maximum absolute atomic E-state index is 12.5. The summed E-state index contributed by atoms with van der Waals surface area (Å²) in [5.41, 5.74) is 2.22. The molecule has 1 heterocycles. The van der Waals surface area contributed by atoms with Crippen molar-refractivity contribution < 1.29 is 33.7 Å². The summed E-state index contributed by atoms with van der Waals surface area (Å²) in [6.07, 6.45) is 1.72. The number of carbonyl (C=O) groups is 3. The van der Waals surface area contributed by atoms with Crippen molar-refractivity contribution in [1.82, 2.24) is 0 Å². The zero-order chi connectivity index (χ0) is 21.5. The summed E-state index contributed by atoms with van der Waals surface area (Å²) in [6.45, 7) is 12.6. The van der Waals surface area contributed by atoms with Gasteiger partial charge in [0, 0.05) is 36.3 Å². The standard InChI is InChI=1S/C22H26O7/c1-10(6-7-23)21(25)28-16-8-11(2)17-15(27-14(5)24)9-12(3)18(17)20-19(16)13(4)22(26)29-20/h6,9,15-20,23H,2,4,7-8H2,1,3,5H3/b10-6+/t15-,16-,17-,18+,19-,20-/m1/s1. The normalized spacial score (nSPS) is 34.0. The van der Waals surface area contributed by atoms with E-state index in [4.69, 9.17) is 19.3 Å². The van der Waals surface area contributed by atoms with Gasteiger partial charge in [0.15, 0.2) is 0 Å². The van der Waals surface area contributed by atoms with Crippen LogP contribution in [-0.2, 0) is 28.6 Å². The van der Waals surface area contributed by atoms with Crippen LogP contribution in [0.1, 0.15) is 27.2 Å². The van der Waals surface area contributed by atoms with Crippen LogP contribution in [0.15, 0.2) is 47.6 Å². The molecule has 7 nitrogen and oxygen atoms in total. The fourth-order valence-electron chi connectivity index (χ4n) is 4.64. The number of rotatable bonds is 4. The van der Waals surface area contributed by atoms with Crippen molar-refractivity contribution in [3.63, 3.8) is 0 Å². The topological polar surface area (TPSA) is 99.1 Å². The third-order valence-electron chi connectivity index (χ3n) is 5.92. The molecule has 6 atom stereocenters. The highest BCUT2D eigenvalue weighted by atomic mass is 16.6. The van der Waals surface area contributed by atoms with Gasteiger partial charge in [0.05, 0.1) is 12.5 Å². The highest BCUT2D eigenvalue weighted by Crippen LogP contribution is 2.51. The molecule has 0 bridgehead atoms. The first kappa shape index (κ1) is 21.0. The molecule has 7 heteroatoms. The summed E-state index contributed by atoms with van der Waals surface area (Å²) >= 11 is 0. The molecule has 156 valence electrons. The lowest BCUT2D eigenvalue weighted by molar-refractivity contribution is -0.150. The van der Waals surface area contributed by atoms with Crippen LogP contribution >= 0.6 is 0 Å². The smallest absolute Gasteiger partial charge is 0.334 e. The van der Waals surface area contributed by atoms with E-state index in [-0.39, 0.29) is 36.0 Å². The Labute approximate surface area is 169 Å². The lowest BCUT2D eigenvalue weighted by atomic mass is 9.79. The average molecular weight is 402 g/mol. The van der Waals surface area contributed by atoms with E-state index in [0.717, 1.165) is 11.1 Å². The Bertz CT molecular complexity index is 834. The Hall–Kier alpha value is -2.67. The Morgan fingerprint density at radius 1 is 1.24 bits per heavy atom. The van der Waals surface area contributed by atoms with Gasteiger partial charge in [-0.3, -0.25) is 4.79 Å². The molecule has 1 saturated heterocycles. The number of fused-ring (bicyclic) bond motifs is 3. The van der Waals surface area contributed by atoms with Gasteiger partial charge in [0.25, 0.3) is 0 Å². The molecular formula is C22H26O7. The molecule has 1 aliphatic heterocycles. The van der Waals surface area contributed by atoms with Crippen LogP contribution in [0.25, 0.3) is 0 Å². The number of ether oxygens (including phenoxy) is 3. The number of esters is 3. The maximum atomic E-state index is 12.5. The van der Waals surface area contributed by atoms with Gasteiger partial charge in [-0.1, -0.05) is 24.3 Å². The van der Waals surface area contributed by atoms with E-state index < -0.39 is 42.1 Å². The monoisotopic (exact) mass is 402 g/mol. The van der Waals surface area contributed by atoms with Gasteiger partial charge in [-0.05, 0) is 26.0 Å². The summed E-state index contributed by atoms with van der Waals surface area (Å²) in [4.78, 5) is 36.3. The number of aliphatic hydroxyl groups excluding tert-OH is 1. The fraction of sp³-hybridized carbons (Fsp3) is 0.500. The van der Waals surface area contributed by atoms with Crippen molar-refractivity contribution in [1.29, 1.82) is 0 Å². The van der Waals surface area contributed by atoms with E-state index in [1.165, 1.54) is 13.0 Å². The molecule has 1 saturated carbocycles. The Kier molecular flexibility index (Phi) is 5.80. The third kappa shape index (κ3) is 3.79. The molecule has 2 fully saturated rings. The minimum Gasteiger partial charge on any atom is -0.458 e. The van der Waals surface area contributed by atoms with Crippen LogP contribution in [0.4, 0.5) is 0 Å². The minimum absolute atomic E-state index is 0.238. The molecule has 0 radical (unpaired) electrons. The summed E-state index contributed by atoms with van der Waals surface area (Å²) in [7, 11) is 0. The van der Waals surface area contributed by atoms with Gasteiger partial charge in [-0.15, -0.1) is 0 Å². The van der Waals surface area contributed by atoms with Crippen molar-refractivity contribution in [3.8, 4) is 0 Å². The van der Waals surface area contributed by atoms with E-state index >= 15 is 0 Å². The highest BCUT2D eigenvalue weighted by Gasteiger charge is 2.56. The second kappa shape index (κ2) is 7.99. The molecule has 0 aromatic carbocycles. The summed E-state index contributed by atoms with van der Waals surface area (Å²) in [5, 5.41) is 9.02. The van der Waals surface area contributed by atoms with E-state index in [2.05, 4.69) is 13.2 Å². The van der Waals surface area contributed by atoms with Crippen LogP contribution in [0.3, 0.4) is 0 Å². The van der Waals surface area contributed by atoms with E-state index in [1.807, 2.05) is 13.0 Å². The average Bonchev–Trinajstić information content (AvgIpc) is 3.05. The van der Waals surface area contributed by atoms with Crippen LogP contribution in [0.5, 0.6) is 0 Å². The molecule has 0 amide bonds. The number of carbonyl (C=O) groups excluding carboxylic acids is 3. The number of hydrogen-bond donors (Lipinski definition) is 1. The van der Waals surface area contributed by atoms with Gasteiger partial charge in [-0.25, -0.2) is 9.59 Å². The predicted octanol–water partition coefficient (Wildman–Crippen LogP) is 2.02. The molecule has 1 N–H and O–H groups in total. The van der Waals surface area contributed by atoms with Crippen molar-refractivity contribution in [2.75, 3.05) is 6.61 Å². The maximum Gasteiger partial charge on any atom is 0.334 e. The first-order chi connectivity index (χ1) is 13.6. The molecule has 29 heavy (non-hydrogen) atoms. The fourth-order valence-corrected chi connectivity index (χ4v) is 4.64. The van der Waals surface area contributed by atoms with E-state index in [1.54, 1.807) is 6.92 Å². The third-order valence-corrected chi connectivity index (χ3v) is 5.92. The number of hydrogen-bond acceptors (Lipinski definition) is 7. The Morgan fingerprint density at radius 2 is 1.93 bits per heavy atom. The molecule has 3 aliphatic rings. The molecule has 0 unspecified atom stereocenters. The van der Waals surface area contributed by atoms with Crippen LogP contribution in [0.2, 0.25) is 0 Å². The first-order valence-electron chi connectivity index (χ1n) is 9.57. The quantitative estimate of drug-likeness (QED) is 0.332. The summed E-state index contributed by atoms with van der Waals surface area (Å²) in [6, 6.07) is 0. The summed E-state index contributed by atoms with van der Waals surface area (Å²) in [5.74, 6) is -2.55. The summed E-state index contributed by atoms with van der Waals surface area (Å²) < 4.78 is 16.8. The van der Waals surface area contributed by atoms with Gasteiger partial charge in [-0.2, -0.15) is 0 Å². The second-order valence-corrected chi connectivity index (χ2v) is 7.83. The van der Waals surface area contributed by atoms with Crippen LogP contribution < -0.4 is 0 Å². The predicted molar refractivity (Wildman–Crippen MR) is 103 cm³/mol. The van der Waals surface area contributed by atoms with Crippen molar-refractivity contribution >= 4 is 17.9 Å². The second-order valence-electron chi connectivity index (χ2n) is 7.83. The van der Waals surface area contributed by atoms with E-state index in [9.17, 15) is 14.4 Å². The molecule has 0 aromatic heterocycles. The van der Waals surface area contributed by atoms with Crippen molar-refractivity contribution in [3.05, 3.63) is 47.6 Å². The number of aliphatic hydroxyl groups is 1. The molecule has 3 rings (SSSR count). The Balaban J connectivity index is 1.97. The lowest BCUT2D eigenvalue weighted by Crippen LogP contribution is -2.37. The zero-order valence-corrected chi connectivity index (χ0v) is 16.8. The molecule has 2 aliphatic carbocycles. The Morgan fingerprint density at radius 3 is 2.55 bits per heavy atom. The van der Waals surface area contributed by atoms with Gasteiger partial charge < -0.3 is 19.3 Å². The van der Waals surface area contributed by atoms with Crippen molar-refractivity contribution in [2.24, 2.45) is 17.8 Å². The highest BCUT2D eigenvalue weighted by molar-refractivity contribution is 5.92. The molecular weight excluding hydrogens is 376 g/mol. The van der Waals surface area contributed by atoms with E-state index in [0.29, 0.717) is 0 Å². The van der Waals surface area contributed by atoms with Gasteiger partial charge in [0.1, 0.15) is 18.3 Å². The molecule has 0 spiro atoms. The van der Waals surface area contributed by atoms with Crippen LogP contribution in [-0.4, -0.2) is 47.9 Å². The van der Waals surface area contributed by atoms with Gasteiger partial charge in [0.2, 0.25) is 0 Å². The van der Waals surface area contributed by atoms with Gasteiger partial charge >= 0.3 is 17.9 Å². The minimum atomic E-state index is -0.697. The lowest BCUT2D eigenvalue weighted by Gasteiger charge is -2.29. The van der Waals surface area contributed by atoms with Crippen molar-refractivity contribution in [2.45, 2.75) is 45.5 Å². The zero-order valence-electron chi connectivity index (χ0n) is 16.8. The molecule has 0 aromatic rings. The SMILES string of the molecule is C=C1C[C@@H](OC(=O)/C(C)=C/CO)[C@H]2C(=C)C(=O)O[C@@H]2[C@H]2C(C)=C[C@@H](OC(C)=O)[C@@H]12. The first-order valence-corrected chi connectivity index (χ1v) is 9.57. The van der Waals surface area contributed by atoms with Crippen LogP contribution in [0, 0.1) is 17.8 Å². The largest absolute Gasteiger partial charge is 0.458 e.